The predicted octanol–water partition coefficient (Wildman–Crippen LogP) is 5.93. The predicted molar refractivity (Wildman–Crippen MR) is 146 cm³/mol. The number of aliphatic hydroxyl groups excluding tert-OH is 1. The zero-order valence-electron chi connectivity index (χ0n) is 22.6. The third kappa shape index (κ3) is 6.83. The molecular formula is C29H39ClN2O5. The minimum Gasteiger partial charge on any atom is -0.462 e. The van der Waals surface area contributed by atoms with Crippen LogP contribution < -0.4 is 10.6 Å². The molecule has 2 aromatic carbocycles. The maximum absolute atomic E-state index is 13.2. The summed E-state index contributed by atoms with van der Waals surface area (Å²) >= 11 is 6.72. The summed E-state index contributed by atoms with van der Waals surface area (Å²) in [7, 11) is 0. The Kier molecular flexibility index (Phi) is 8.93. The van der Waals surface area contributed by atoms with Crippen molar-refractivity contribution in [3.63, 3.8) is 0 Å². The van der Waals surface area contributed by atoms with Crippen LogP contribution in [-0.2, 0) is 21.4 Å². The van der Waals surface area contributed by atoms with E-state index in [2.05, 4.69) is 31.4 Å². The highest BCUT2D eigenvalue weighted by atomic mass is 35.5. The van der Waals surface area contributed by atoms with Crippen molar-refractivity contribution >= 4 is 29.3 Å². The second kappa shape index (κ2) is 11.4. The molecule has 8 heteroatoms. The van der Waals surface area contributed by atoms with Crippen molar-refractivity contribution in [2.24, 2.45) is 11.3 Å². The molecule has 37 heavy (non-hydrogen) atoms. The van der Waals surface area contributed by atoms with Crippen molar-refractivity contribution < 1.29 is 24.2 Å². The third-order valence-corrected chi connectivity index (χ3v) is 7.34. The van der Waals surface area contributed by atoms with Crippen LogP contribution in [0.3, 0.4) is 0 Å². The maximum atomic E-state index is 13.2. The van der Waals surface area contributed by atoms with Crippen molar-refractivity contribution in [1.82, 2.24) is 5.32 Å². The first-order valence-corrected chi connectivity index (χ1v) is 13.1. The van der Waals surface area contributed by atoms with Gasteiger partial charge in [-0.2, -0.15) is 0 Å². The number of amides is 2. The van der Waals surface area contributed by atoms with Crippen LogP contribution in [0.25, 0.3) is 0 Å². The number of hydrogen-bond donors (Lipinski definition) is 3. The van der Waals surface area contributed by atoms with Crippen molar-refractivity contribution in [3.05, 3.63) is 64.2 Å². The summed E-state index contributed by atoms with van der Waals surface area (Å²) in [5.41, 5.74) is 1.23. The lowest BCUT2D eigenvalue weighted by Crippen LogP contribution is -2.55. The normalized spacial score (nSPS) is 20.9. The lowest BCUT2D eigenvalue weighted by atomic mass is 9.73. The standard InChI is InChI=1S/C29H39ClN2O5/c1-7-36-25(34)20-9-12-22(13-10-20)31-26(35)32-29(18-37-28(5,6)24(29)17-33)21-11-8-19(23(30)16-21)14-15-27(2,3)4/h8-13,16,24,33H,7,14-15,17-18H2,1-6H3,(H2,31,32,35). The zero-order valence-corrected chi connectivity index (χ0v) is 23.4. The van der Waals surface area contributed by atoms with Crippen molar-refractivity contribution in [2.45, 2.75) is 65.5 Å². The molecule has 2 aromatic rings. The van der Waals surface area contributed by atoms with Gasteiger partial charge in [0.15, 0.2) is 0 Å². The fourth-order valence-corrected chi connectivity index (χ4v) is 5.03. The topological polar surface area (TPSA) is 96.9 Å². The van der Waals surface area contributed by atoms with E-state index in [1.54, 1.807) is 31.2 Å². The van der Waals surface area contributed by atoms with Gasteiger partial charge in [-0.05, 0) is 80.5 Å². The van der Waals surface area contributed by atoms with Crippen LogP contribution in [0.2, 0.25) is 5.02 Å². The highest BCUT2D eigenvalue weighted by Crippen LogP contribution is 2.46. The molecule has 0 aliphatic carbocycles. The van der Waals surface area contributed by atoms with Gasteiger partial charge in [0.1, 0.15) is 0 Å². The highest BCUT2D eigenvalue weighted by Gasteiger charge is 2.55. The number of aryl methyl sites for hydroxylation is 1. The molecule has 0 bridgehead atoms. The van der Waals surface area contributed by atoms with Crippen molar-refractivity contribution in [1.29, 1.82) is 0 Å². The van der Waals surface area contributed by atoms with E-state index in [-0.39, 0.29) is 25.2 Å². The van der Waals surface area contributed by atoms with Crippen LogP contribution in [0, 0.1) is 11.3 Å². The van der Waals surface area contributed by atoms with Crippen LogP contribution in [0.5, 0.6) is 0 Å². The maximum Gasteiger partial charge on any atom is 0.338 e. The zero-order chi connectivity index (χ0) is 27.4. The number of anilines is 1. The number of nitrogens with one attached hydrogen (secondary N) is 2. The van der Waals surface area contributed by atoms with E-state index in [9.17, 15) is 14.7 Å². The first kappa shape index (κ1) is 29.0. The second-order valence-electron chi connectivity index (χ2n) is 11.3. The molecule has 2 unspecified atom stereocenters. The summed E-state index contributed by atoms with van der Waals surface area (Å²) in [5, 5.41) is 16.9. The first-order chi connectivity index (χ1) is 17.3. The number of hydrogen-bond acceptors (Lipinski definition) is 5. The summed E-state index contributed by atoms with van der Waals surface area (Å²) in [5.74, 6) is -0.843. The molecule has 3 rings (SSSR count). The first-order valence-electron chi connectivity index (χ1n) is 12.7. The minimum absolute atomic E-state index is 0.179. The van der Waals surface area contributed by atoms with E-state index in [1.165, 1.54) is 0 Å². The molecule has 1 saturated heterocycles. The Morgan fingerprint density at radius 2 is 1.84 bits per heavy atom. The Labute approximate surface area is 224 Å². The summed E-state index contributed by atoms with van der Waals surface area (Å²) in [6, 6.07) is 11.8. The van der Waals surface area contributed by atoms with Crippen LogP contribution >= 0.6 is 11.6 Å². The lowest BCUT2D eigenvalue weighted by molar-refractivity contribution is -0.00353. The van der Waals surface area contributed by atoms with E-state index in [4.69, 9.17) is 21.1 Å². The number of benzene rings is 2. The smallest absolute Gasteiger partial charge is 0.338 e. The van der Waals surface area contributed by atoms with Gasteiger partial charge in [-0.3, -0.25) is 0 Å². The number of rotatable bonds is 8. The molecule has 2 atom stereocenters. The molecule has 1 fully saturated rings. The van der Waals surface area contributed by atoms with E-state index >= 15 is 0 Å². The Morgan fingerprint density at radius 1 is 1.16 bits per heavy atom. The molecule has 0 spiro atoms. The molecule has 2 amide bonds. The molecule has 1 heterocycles. The lowest BCUT2D eigenvalue weighted by Gasteiger charge is -2.38. The summed E-state index contributed by atoms with van der Waals surface area (Å²) in [6.45, 7) is 12.4. The van der Waals surface area contributed by atoms with Gasteiger partial charge in [-0.15, -0.1) is 0 Å². The van der Waals surface area contributed by atoms with E-state index in [1.807, 2.05) is 32.0 Å². The van der Waals surface area contributed by atoms with Gasteiger partial charge in [-0.1, -0.05) is 44.5 Å². The molecule has 202 valence electrons. The van der Waals surface area contributed by atoms with Gasteiger partial charge in [0.2, 0.25) is 0 Å². The Bertz CT molecular complexity index is 1110. The molecule has 1 aliphatic rings. The van der Waals surface area contributed by atoms with Crippen molar-refractivity contribution in [3.8, 4) is 0 Å². The average molecular weight is 531 g/mol. The number of ether oxygens (including phenoxy) is 2. The van der Waals surface area contributed by atoms with Gasteiger partial charge in [0.05, 0.1) is 36.5 Å². The molecular weight excluding hydrogens is 492 g/mol. The SMILES string of the molecule is CCOC(=O)c1ccc(NC(=O)NC2(c3ccc(CCC(C)(C)C)c(Cl)c3)COC(C)(C)C2CO)cc1. The van der Waals surface area contributed by atoms with E-state index < -0.39 is 29.1 Å². The number of aliphatic hydroxyl groups is 1. The summed E-state index contributed by atoms with van der Waals surface area (Å²) < 4.78 is 11.1. The number of halogens is 1. The van der Waals surface area contributed by atoms with Crippen LogP contribution in [-0.4, -0.2) is 42.5 Å². The average Bonchev–Trinajstić information content (AvgIpc) is 3.08. The van der Waals surface area contributed by atoms with Gasteiger partial charge < -0.3 is 25.2 Å². The van der Waals surface area contributed by atoms with Crippen LogP contribution in [0.1, 0.15) is 69.4 Å². The van der Waals surface area contributed by atoms with Crippen LogP contribution in [0.4, 0.5) is 10.5 Å². The molecule has 0 radical (unpaired) electrons. The molecule has 0 aromatic heterocycles. The summed E-state index contributed by atoms with van der Waals surface area (Å²) in [4.78, 5) is 25.1. The minimum atomic E-state index is -1.00. The third-order valence-electron chi connectivity index (χ3n) is 6.99. The quantitative estimate of drug-likeness (QED) is 0.367. The molecule has 3 N–H and O–H groups in total. The number of urea groups is 1. The van der Waals surface area contributed by atoms with Gasteiger partial charge in [-0.25, -0.2) is 9.59 Å². The molecule has 7 nitrogen and oxygen atoms in total. The highest BCUT2D eigenvalue weighted by molar-refractivity contribution is 6.31. The second-order valence-corrected chi connectivity index (χ2v) is 11.7. The van der Waals surface area contributed by atoms with Gasteiger partial charge >= 0.3 is 12.0 Å². The molecule has 1 aliphatic heterocycles. The summed E-state index contributed by atoms with van der Waals surface area (Å²) in [6.07, 6.45) is 1.83. The van der Waals surface area contributed by atoms with E-state index in [0.29, 0.717) is 16.3 Å². The van der Waals surface area contributed by atoms with E-state index in [0.717, 1.165) is 24.0 Å². The monoisotopic (exact) mass is 530 g/mol. The Hall–Kier alpha value is -2.61. The molecule has 0 saturated carbocycles. The van der Waals surface area contributed by atoms with Gasteiger partial charge in [0, 0.05) is 16.6 Å². The number of carbonyl (C=O) groups excluding carboxylic acids is 2. The fraction of sp³-hybridized carbons (Fsp3) is 0.517. The Balaban J connectivity index is 1.87. The fourth-order valence-electron chi connectivity index (χ4n) is 4.76. The van der Waals surface area contributed by atoms with Crippen LogP contribution in [0.15, 0.2) is 42.5 Å². The van der Waals surface area contributed by atoms with Crippen molar-refractivity contribution in [2.75, 3.05) is 25.1 Å². The largest absolute Gasteiger partial charge is 0.462 e. The Morgan fingerprint density at radius 3 is 2.41 bits per heavy atom. The van der Waals surface area contributed by atoms with Gasteiger partial charge in [0.25, 0.3) is 0 Å². The number of esters is 1. The number of carbonyl (C=O) groups is 2.